The highest BCUT2D eigenvalue weighted by atomic mass is 16.3. The Morgan fingerprint density at radius 1 is 0.382 bits per heavy atom. The molecule has 0 fully saturated rings. The third-order valence-electron chi connectivity index (χ3n) is 11.5. The molecule has 258 valence electrons. The number of furan rings is 1. The molecule has 1 heterocycles. The van der Waals surface area contributed by atoms with E-state index in [0.29, 0.717) is 0 Å². The van der Waals surface area contributed by atoms with Gasteiger partial charge in [0.1, 0.15) is 11.2 Å². The van der Waals surface area contributed by atoms with Crippen LogP contribution in [0.3, 0.4) is 0 Å². The second-order valence-electron chi connectivity index (χ2n) is 14.5. The maximum atomic E-state index is 6.79. The summed E-state index contributed by atoms with van der Waals surface area (Å²) in [5.41, 5.74) is 14.2. The number of anilines is 3. The molecule has 2 heteroatoms. The fourth-order valence-corrected chi connectivity index (χ4v) is 9.07. The first-order valence-corrected chi connectivity index (χ1v) is 18.9. The van der Waals surface area contributed by atoms with Crippen LogP contribution in [0.15, 0.2) is 217 Å². The van der Waals surface area contributed by atoms with E-state index in [4.69, 9.17) is 4.42 Å². The summed E-state index contributed by atoms with van der Waals surface area (Å²) in [4.78, 5) is 2.38. The van der Waals surface area contributed by atoms with Crippen LogP contribution in [0.4, 0.5) is 17.1 Å². The molecule has 0 saturated heterocycles. The van der Waals surface area contributed by atoms with Crippen molar-refractivity contribution in [3.05, 3.63) is 235 Å². The van der Waals surface area contributed by atoms with Gasteiger partial charge in [0.2, 0.25) is 0 Å². The summed E-state index contributed by atoms with van der Waals surface area (Å²) in [6.07, 6.45) is 0. The Hall–Kier alpha value is -7.16. The summed E-state index contributed by atoms with van der Waals surface area (Å²) in [7, 11) is 0. The van der Waals surface area contributed by atoms with Crippen molar-refractivity contribution in [2.75, 3.05) is 4.90 Å². The average Bonchev–Trinajstić information content (AvgIpc) is 3.79. The zero-order chi connectivity index (χ0) is 36.3. The summed E-state index contributed by atoms with van der Waals surface area (Å²) in [5.74, 6) is 0. The van der Waals surface area contributed by atoms with E-state index in [1.165, 1.54) is 49.7 Å². The molecular formula is C53H35NO. The molecule has 0 amide bonds. The summed E-state index contributed by atoms with van der Waals surface area (Å²) in [6, 6.07) is 76.9. The highest BCUT2D eigenvalue weighted by molar-refractivity contribution is 6.12. The van der Waals surface area contributed by atoms with Crippen LogP contribution in [0.25, 0.3) is 55.0 Å². The Bertz CT molecular complexity index is 2980. The molecule has 0 atom stereocenters. The third kappa shape index (κ3) is 4.82. The van der Waals surface area contributed by atoms with Crippen molar-refractivity contribution >= 4 is 49.8 Å². The highest BCUT2D eigenvalue weighted by Gasteiger charge is 2.47. The van der Waals surface area contributed by atoms with Crippen LogP contribution in [-0.4, -0.2) is 0 Å². The summed E-state index contributed by atoms with van der Waals surface area (Å²) in [5, 5.41) is 4.77. The first kappa shape index (κ1) is 31.4. The number of hydrogen-bond donors (Lipinski definition) is 0. The van der Waals surface area contributed by atoms with Gasteiger partial charge in [0.15, 0.2) is 0 Å². The Kier molecular flexibility index (Phi) is 7.11. The first-order valence-electron chi connectivity index (χ1n) is 18.9. The standard InChI is InChI=1S/C53H35NO/c1-4-16-40(17-5-1)53(41-18-6-2-7-19-41)48-33-32-46-45-22-12-13-23-50(45)55-52(46)51(48)47-31-30-44(35-49(47)53)54(42-20-8-3-9-21-42)43-28-26-37(27-29-43)39-25-24-36-14-10-11-15-38(36)34-39/h1-35H. The van der Waals surface area contributed by atoms with Gasteiger partial charge in [-0.2, -0.15) is 0 Å². The number of hydrogen-bond acceptors (Lipinski definition) is 2. The van der Waals surface area contributed by atoms with Crippen molar-refractivity contribution in [1.29, 1.82) is 0 Å². The predicted octanol–water partition coefficient (Wildman–Crippen LogP) is 14.2. The Labute approximate surface area is 320 Å². The van der Waals surface area contributed by atoms with Crippen molar-refractivity contribution in [3.8, 4) is 22.3 Å². The van der Waals surface area contributed by atoms with E-state index in [9.17, 15) is 0 Å². The van der Waals surface area contributed by atoms with Crippen molar-refractivity contribution in [2.24, 2.45) is 0 Å². The lowest BCUT2D eigenvalue weighted by atomic mass is 9.67. The monoisotopic (exact) mass is 701 g/mol. The summed E-state index contributed by atoms with van der Waals surface area (Å²) < 4.78 is 6.79. The molecule has 1 aliphatic rings. The van der Waals surface area contributed by atoms with Gasteiger partial charge in [-0.3, -0.25) is 0 Å². The van der Waals surface area contributed by atoms with Crippen molar-refractivity contribution in [1.82, 2.24) is 0 Å². The number of rotatable bonds is 6. The smallest absolute Gasteiger partial charge is 0.143 e. The topological polar surface area (TPSA) is 16.4 Å². The van der Waals surface area contributed by atoms with Gasteiger partial charge in [0.05, 0.1) is 5.41 Å². The van der Waals surface area contributed by atoms with Gasteiger partial charge in [-0.15, -0.1) is 0 Å². The third-order valence-corrected chi connectivity index (χ3v) is 11.5. The van der Waals surface area contributed by atoms with Gasteiger partial charge in [0, 0.05) is 33.4 Å². The average molecular weight is 702 g/mol. The minimum Gasteiger partial charge on any atom is -0.455 e. The summed E-state index contributed by atoms with van der Waals surface area (Å²) in [6.45, 7) is 0. The molecule has 10 aromatic rings. The fourth-order valence-electron chi connectivity index (χ4n) is 9.07. The van der Waals surface area contributed by atoms with E-state index in [0.717, 1.165) is 44.6 Å². The largest absolute Gasteiger partial charge is 0.455 e. The Morgan fingerprint density at radius 2 is 0.982 bits per heavy atom. The molecule has 0 saturated carbocycles. The molecule has 0 bridgehead atoms. The lowest BCUT2D eigenvalue weighted by Gasteiger charge is -2.35. The molecule has 0 unspecified atom stereocenters. The van der Waals surface area contributed by atoms with Crippen LogP contribution in [0, 0.1) is 0 Å². The molecule has 11 rings (SSSR count). The van der Waals surface area contributed by atoms with E-state index in [-0.39, 0.29) is 0 Å². The van der Waals surface area contributed by atoms with E-state index < -0.39 is 5.41 Å². The highest BCUT2D eigenvalue weighted by Crippen LogP contribution is 2.59. The second-order valence-corrected chi connectivity index (χ2v) is 14.5. The minimum absolute atomic E-state index is 0.585. The number of benzene rings is 9. The molecule has 0 N–H and O–H groups in total. The number of nitrogens with zero attached hydrogens (tertiary/aromatic N) is 1. The number of fused-ring (bicyclic) bond motifs is 8. The molecule has 2 nitrogen and oxygen atoms in total. The first-order chi connectivity index (χ1) is 27.3. The van der Waals surface area contributed by atoms with Crippen molar-refractivity contribution in [3.63, 3.8) is 0 Å². The quantitative estimate of drug-likeness (QED) is 0.172. The SMILES string of the molecule is c1ccc(N(c2ccc(-c3ccc4ccccc4c3)cc2)c2ccc3c(c2)C(c2ccccc2)(c2ccccc2)c2ccc4c(oc5ccccc54)c2-3)cc1. The van der Waals surface area contributed by atoms with Crippen molar-refractivity contribution in [2.45, 2.75) is 5.41 Å². The van der Waals surface area contributed by atoms with Crippen LogP contribution in [-0.2, 0) is 5.41 Å². The van der Waals surface area contributed by atoms with Crippen molar-refractivity contribution < 1.29 is 4.42 Å². The van der Waals surface area contributed by atoms with Crippen LogP contribution < -0.4 is 4.90 Å². The fraction of sp³-hybridized carbons (Fsp3) is 0.0189. The molecule has 0 spiro atoms. The van der Waals surface area contributed by atoms with E-state index in [1.54, 1.807) is 0 Å². The number of para-hydroxylation sites is 2. The molecule has 1 aliphatic carbocycles. The van der Waals surface area contributed by atoms with Crippen LogP contribution in [0.1, 0.15) is 22.3 Å². The van der Waals surface area contributed by atoms with Crippen LogP contribution in [0.5, 0.6) is 0 Å². The molecular weight excluding hydrogens is 667 g/mol. The maximum Gasteiger partial charge on any atom is 0.143 e. The zero-order valence-corrected chi connectivity index (χ0v) is 30.1. The molecule has 0 aliphatic heterocycles. The Balaban J connectivity index is 1.15. The minimum atomic E-state index is -0.585. The van der Waals surface area contributed by atoms with Gasteiger partial charge < -0.3 is 9.32 Å². The van der Waals surface area contributed by atoms with Gasteiger partial charge in [-0.1, -0.05) is 164 Å². The molecule has 55 heavy (non-hydrogen) atoms. The van der Waals surface area contributed by atoms with Crippen LogP contribution in [0.2, 0.25) is 0 Å². The normalized spacial score (nSPS) is 12.9. The Morgan fingerprint density at radius 3 is 1.73 bits per heavy atom. The van der Waals surface area contributed by atoms with E-state index >= 15 is 0 Å². The lowest BCUT2D eigenvalue weighted by Crippen LogP contribution is -2.28. The van der Waals surface area contributed by atoms with Crippen LogP contribution >= 0.6 is 0 Å². The second kappa shape index (κ2) is 12.5. The zero-order valence-electron chi connectivity index (χ0n) is 30.1. The lowest BCUT2D eigenvalue weighted by molar-refractivity contribution is 0.669. The summed E-state index contributed by atoms with van der Waals surface area (Å²) >= 11 is 0. The van der Waals surface area contributed by atoms with Gasteiger partial charge in [0.25, 0.3) is 0 Å². The molecule has 1 aromatic heterocycles. The maximum absolute atomic E-state index is 6.79. The van der Waals surface area contributed by atoms with E-state index in [1.807, 2.05) is 0 Å². The van der Waals surface area contributed by atoms with Gasteiger partial charge in [-0.25, -0.2) is 0 Å². The predicted molar refractivity (Wildman–Crippen MR) is 229 cm³/mol. The van der Waals surface area contributed by atoms with E-state index in [2.05, 4.69) is 217 Å². The van der Waals surface area contributed by atoms with Gasteiger partial charge >= 0.3 is 0 Å². The molecule has 0 radical (unpaired) electrons. The van der Waals surface area contributed by atoms with Gasteiger partial charge in [-0.05, 0) is 98.2 Å². The molecule has 9 aromatic carbocycles.